The van der Waals surface area contributed by atoms with Crippen molar-refractivity contribution >= 4 is 5.78 Å². The Balaban J connectivity index is 2.68. The largest absolute Gasteiger partial charge is 0.483 e. The fraction of sp³-hybridized carbons (Fsp3) is 0.111. The minimum atomic E-state index is -0.0536. The number of carbonyl (C=O) groups excluding carboxylic acids is 1. The zero-order chi connectivity index (χ0) is 8.55. The molecule has 0 spiro atoms. The highest BCUT2D eigenvalue weighted by Crippen LogP contribution is 2.28. The summed E-state index contributed by atoms with van der Waals surface area (Å²) in [5.74, 6) is 0.382. The summed E-state index contributed by atoms with van der Waals surface area (Å²) in [5, 5.41) is 8.65. The monoisotopic (exact) mass is 159 g/mol. The molecule has 12 heavy (non-hydrogen) atoms. The molecule has 58 valence electrons. The quantitative estimate of drug-likeness (QED) is 0.570. The first-order valence-corrected chi connectivity index (χ1v) is 3.52. The van der Waals surface area contributed by atoms with Crippen molar-refractivity contribution in [1.29, 1.82) is 5.26 Å². The van der Waals surface area contributed by atoms with Crippen LogP contribution in [0.5, 0.6) is 5.75 Å². The van der Waals surface area contributed by atoms with Crippen LogP contribution in [0.4, 0.5) is 0 Å². The number of rotatable bonds is 0. The van der Waals surface area contributed by atoms with Crippen LogP contribution in [-0.4, -0.2) is 12.4 Å². The molecule has 0 N–H and O–H groups in total. The van der Waals surface area contributed by atoms with E-state index in [1.165, 1.54) is 0 Å². The van der Waals surface area contributed by atoms with Crippen LogP contribution in [0.3, 0.4) is 0 Å². The second kappa shape index (κ2) is 2.35. The van der Waals surface area contributed by atoms with E-state index >= 15 is 0 Å². The minimum Gasteiger partial charge on any atom is -0.483 e. The Bertz CT molecular complexity index is 390. The lowest BCUT2D eigenvalue weighted by atomic mass is 10.1. The average molecular weight is 159 g/mol. The summed E-state index contributed by atoms with van der Waals surface area (Å²) in [5.41, 5.74) is 0.951. The van der Waals surface area contributed by atoms with Gasteiger partial charge in [-0.25, -0.2) is 0 Å². The van der Waals surface area contributed by atoms with Crippen molar-refractivity contribution in [3.8, 4) is 11.8 Å². The topological polar surface area (TPSA) is 50.1 Å². The van der Waals surface area contributed by atoms with Gasteiger partial charge in [-0.05, 0) is 12.1 Å². The van der Waals surface area contributed by atoms with Crippen LogP contribution in [-0.2, 0) is 0 Å². The minimum absolute atomic E-state index is 0.0536. The summed E-state index contributed by atoms with van der Waals surface area (Å²) >= 11 is 0. The van der Waals surface area contributed by atoms with E-state index in [9.17, 15) is 4.79 Å². The van der Waals surface area contributed by atoms with Crippen molar-refractivity contribution in [2.24, 2.45) is 0 Å². The summed E-state index contributed by atoms with van der Waals surface area (Å²) in [7, 11) is 0. The first-order chi connectivity index (χ1) is 5.83. The molecule has 0 aliphatic carbocycles. The molecule has 1 aliphatic heterocycles. The summed E-state index contributed by atoms with van der Waals surface area (Å²) in [4.78, 5) is 11.1. The van der Waals surface area contributed by atoms with E-state index in [-0.39, 0.29) is 12.4 Å². The van der Waals surface area contributed by atoms with Gasteiger partial charge >= 0.3 is 0 Å². The van der Waals surface area contributed by atoms with Gasteiger partial charge in [-0.2, -0.15) is 5.26 Å². The molecule has 1 heterocycles. The molecular weight excluding hydrogens is 154 g/mol. The molecule has 3 nitrogen and oxygen atoms in total. The second-order valence-corrected chi connectivity index (χ2v) is 2.51. The second-order valence-electron chi connectivity index (χ2n) is 2.51. The molecule has 3 heteroatoms. The third-order valence-electron chi connectivity index (χ3n) is 1.78. The van der Waals surface area contributed by atoms with E-state index in [4.69, 9.17) is 10.00 Å². The molecule has 2 rings (SSSR count). The van der Waals surface area contributed by atoms with E-state index in [0.29, 0.717) is 16.9 Å². The molecule has 0 aromatic heterocycles. The fourth-order valence-electron chi connectivity index (χ4n) is 1.22. The van der Waals surface area contributed by atoms with Crippen LogP contribution in [0, 0.1) is 11.3 Å². The molecular formula is C9H5NO2. The zero-order valence-electron chi connectivity index (χ0n) is 6.20. The number of Topliss-reactive ketones (excluding diaryl/α,β-unsaturated/α-hetero) is 1. The third-order valence-corrected chi connectivity index (χ3v) is 1.78. The molecule has 1 aliphatic rings. The maximum atomic E-state index is 11.1. The van der Waals surface area contributed by atoms with Crippen LogP contribution in [0.15, 0.2) is 18.2 Å². The van der Waals surface area contributed by atoms with Gasteiger partial charge in [0.25, 0.3) is 0 Å². The van der Waals surface area contributed by atoms with Gasteiger partial charge in [0.1, 0.15) is 11.8 Å². The van der Waals surface area contributed by atoms with Gasteiger partial charge in [-0.3, -0.25) is 4.79 Å². The third kappa shape index (κ3) is 0.785. The Hall–Kier alpha value is -1.82. The summed E-state index contributed by atoms with van der Waals surface area (Å²) in [6.45, 7) is 0.0635. The van der Waals surface area contributed by atoms with Crippen molar-refractivity contribution in [2.75, 3.05) is 6.61 Å². The maximum Gasteiger partial charge on any atom is 0.203 e. The lowest BCUT2D eigenvalue weighted by Gasteiger charge is -1.97. The molecule has 0 saturated heterocycles. The molecule has 0 fully saturated rings. The molecule has 0 saturated carbocycles. The molecule has 0 radical (unpaired) electrons. The first kappa shape index (κ1) is 6.86. The summed E-state index contributed by atoms with van der Waals surface area (Å²) in [6, 6.07) is 6.96. The van der Waals surface area contributed by atoms with E-state index in [1.807, 2.05) is 6.07 Å². The number of ketones is 1. The SMILES string of the molecule is N#Cc1cccc2c1OCC2=O. The summed E-state index contributed by atoms with van der Waals surface area (Å²) < 4.78 is 5.06. The molecule has 1 aromatic carbocycles. The van der Waals surface area contributed by atoms with Crippen LogP contribution in [0.25, 0.3) is 0 Å². The van der Waals surface area contributed by atoms with Gasteiger partial charge in [0.2, 0.25) is 5.78 Å². The highest BCUT2D eigenvalue weighted by Gasteiger charge is 2.23. The van der Waals surface area contributed by atoms with Gasteiger partial charge in [0.05, 0.1) is 11.1 Å². The fourth-order valence-corrected chi connectivity index (χ4v) is 1.22. The number of fused-ring (bicyclic) bond motifs is 1. The highest BCUT2D eigenvalue weighted by molar-refractivity contribution is 6.02. The molecule has 0 atom stereocenters. The molecule has 0 amide bonds. The number of nitrogens with zero attached hydrogens (tertiary/aromatic N) is 1. The first-order valence-electron chi connectivity index (χ1n) is 3.52. The van der Waals surface area contributed by atoms with Crippen molar-refractivity contribution < 1.29 is 9.53 Å². The lowest BCUT2D eigenvalue weighted by Crippen LogP contribution is -1.98. The number of nitriles is 1. The highest BCUT2D eigenvalue weighted by atomic mass is 16.5. The summed E-state index contributed by atoms with van der Waals surface area (Å²) in [6.07, 6.45) is 0. The van der Waals surface area contributed by atoms with Crippen molar-refractivity contribution in [3.63, 3.8) is 0 Å². The number of ether oxygens (including phenoxy) is 1. The van der Waals surface area contributed by atoms with Crippen molar-refractivity contribution in [3.05, 3.63) is 29.3 Å². The smallest absolute Gasteiger partial charge is 0.203 e. The number of carbonyl (C=O) groups is 1. The number of para-hydroxylation sites is 1. The predicted molar refractivity (Wildman–Crippen MR) is 41.0 cm³/mol. The van der Waals surface area contributed by atoms with E-state index in [0.717, 1.165) is 0 Å². The Morgan fingerprint density at radius 1 is 1.50 bits per heavy atom. The van der Waals surface area contributed by atoms with Gasteiger partial charge in [0, 0.05) is 0 Å². The number of hydrogen-bond donors (Lipinski definition) is 0. The van der Waals surface area contributed by atoms with E-state index in [2.05, 4.69) is 0 Å². The molecule has 0 bridgehead atoms. The zero-order valence-corrected chi connectivity index (χ0v) is 6.20. The van der Waals surface area contributed by atoms with Crippen LogP contribution < -0.4 is 4.74 Å². The standard InChI is InChI=1S/C9H5NO2/c10-4-6-2-1-3-7-8(11)5-12-9(6)7/h1-3H,5H2. The van der Waals surface area contributed by atoms with Gasteiger partial charge < -0.3 is 4.74 Å². The number of hydrogen-bond acceptors (Lipinski definition) is 3. The number of benzene rings is 1. The van der Waals surface area contributed by atoms with Crippen molar-refractivity contribution in [1.82, 2.24) is 0 Å². The maximum absolute atomic E-state index is 11.1. The van der Waals surface area contributed by atoms with Gasteiger partial charge in [-0.1, -0.05) is 6.07 Å². The average Bonchev–Trinajstić information content (AvgIpc) is 2.48. The Morgan fingerprint density at radius 3 is 3.08 bits per heavy atom. The van der Waals surface area contributed by atoms with E-state index < -0.39 is 0 Å². The molecule has 1 aromatic rings. The Kier molecular flexibility index (Phi) is 1.34. The van der Waals surface area contributed by atoms with Gasteiger partial charge in [0.15, 0.2) is 6.61 Å². The van der Waals surface area contributed by atoms with E-state index in [1.54, 1.807) is 18.2 Å². The Morgan fingerprint density at radius 2 is 2.33 bits per heavy atom. The molecule has 0 unspecified atom stereocenters. The van der Waals surface area contributed by atoms with Gasteiger partial charge in [-0.15, -0.1) is 0 Å². The Labute approximate surface area is 69.2 Å². The predicted octanol–water partition coefficient (Wildman–Crippen LogP) is 1.13. The van der Waals surface area contributed by atoms with Crippen molar-refractivity contribution in [2.45, 2.75) is 0 Å². The normalized spacial score (nSPS) is 13.4. The lowest BCUT2D eigenvalue weighted by molar-refractivity contribution is 0.0961. The van der Waals surface area contributed by atoms with Crippen LogP contribution in [0.2, 0.25) is 0 Å². The van der Waals surface area contributed by atoms with Crippen LogP contribution >= 0.6 is 0 Å². The van der Waals surface area contributed by atoms with Crippen LogP contribution in [0.1, 0.15) is 15.9 Å².